The average molecular weight is 450 g/mol. The van der Waals surface area contributed by atoms with Gasteiger partial charge in [-0.1, -0.05) is 18.2 Å². The zero-order chi connectivity index (χ0) is 22.3. The van der Waals surface area contributed by atoms with Gasteiger partial charge in [0.15, 0.2) is 5.75 Å². The molecular weight excluding hydrogens is 426 g/mol. The molecule has 3 heterocycles. The first kappa shape index (κ1) is 20.5. The lowest BCUT2D eigenvalue weighted by Gasteiger charge is -2.19. The van der Waals surface area contributed by atoms with Crippen LogP contribution in [0.2, 0.25) is 0 Å². The van der Waals surface area contributed by atoms with Crippen LogP contribution in [0, 0.1) is 0 Å². The van der Waals surface area contributed by atoms with Crippen molar-refractivity contribution in [3.05, 3.63) is 77.0 Å². The number of para-hydroxylation sites is 1. The Kier molecular flexibility index (Phi) is 5.09. The van der Waals surface area contributed by atoms with Crippen LogP contribution in [0.3, 0.4) is 0 Å². The van der Waals surface area contributed by atoms with Crippen LogP contribution in [0.15, 0.2) is 65.6 Å². The number of ether oxygens (including phenoxy) is 1. The van der Waals surface area contributed by atoms with Crippen LogP contribution in [0.5, 0.6) is 11.5 Å². The fourth-order valence-corrected chi connectivity index (χ4v) is 5.61. The average Bonchev–Trinajstić information content (AvgIpc) is 3.21. The van der Waals surface area contributed by atoms with Gasteiger partial charge in [-0.3, -0.25) is 4.79 Å². The van der Waals surface area contributed by atoms with Gasteiger partial charge in [0.05, 0.1) is 17.0 Å². The quantitative estimate of drug-likeness (QED) is 0.508. The molecule has 32 heavy (non-hydrogen) atoms. The highest BCUT2D eigenvalue weighted by Gasteiger charge is 2.27. The van der Waals surface area contributed by atoms with Crippen LogP contribution in [-0.4, -0.2) is 34.5 Å². The van der Waals surface area contributed by atoms with Crippen molar-refractivity contribution >= 4 is 20.9 Å². The van der Waals surface area contributed by atoms with E-state index in [4.69, 9.17) is 9.72 Å². The Labute approximate surface area is 185 Å². The van der Waals surface area contributed by atoms with E-state index in [9.17, 15) is 13.2 Å². The fourth-order valence-electron chi connectivity index (χ4n) is 4.12. The largest absolute Gasteiger partial charge is 0.454 e. The van der Waals surface area contributed by atoms with Gasteiger partial charge in [0.2, 0.25) is 5.56 Å². The summed E-state index contributed by atoms with van der Waals surface area (Å²) in [5.74, 6) is 2.50. The molecule has 1 N–H and O–H groups in total. The van der Waals surface area contributed by atoms with E-state index in [0.29, 0.717) is 29.9 Å². The molecule has 2 aromatic carbocycles. The van der Waals surface area contributed by atoms with Crippen molar-refractivity contribution in [3.63, 3.8) is 0 Å². The van der Waals surface area contributed by atoms with E-state index in [1.165, 1.54) is 10.6 Å². The molecule has 1 aliphatic heterocycles. The Hall–Kier alpha value is -3.39. The van der Waals surface area contributed by atoms with Crippen LogP contribution in [0.4, 0.5) is 0 Å². The summed E-state index contributed by atoms with van der Waals surface area (Å²) < 4.78 is 31.5. The molecule has 0 saturated carbocycles. The minimum absolute atomic E-state index is 0.0662. The number of rotatable bonds is 4. The number of nitrogens with zero attached hydrogens (tertiary/aromatic N) is 2. The standard InChI is InChI=1S/C24H23N3O4S/c1-27-15-17(7-10-21(27)28)19-8-9-20-22(23(19)31-18-5-3-2-4-6-18)26-24(25-20)16-11-13-32(29,30)14-12-16/h2-10,15-16H,11-14H2,1H3,(H,25,26). The van der Waals surface area contributed by atoms with Gasteiger partial charge in [0, 0.05) is 36.4 Å². The van der Waals surface area contributed by atoms with E-state index in [2.05, 4.69) is 4.98 Å². The number of benzene rings is 2. The maximum absolute atomic E-state index is 11.9. The van der Waals surface area contributed by atoms with Crippen molar-refractivity contribution in [2.45, 2.75) is 18.8 Å². The SMILES string of the molecule is Cn1cc(-c2ccc3[nH]c(C4CCS(=O)(=O)CC4)nc3c2Oc2ccccc2)ccc1=O. The second-order valence-electron chi connectivity index (χ2n) is 8.17. The molecule has 8 heteroatoms. The maximum Gasteiger partial charge on any atom is 0.250 e. The first-order chi connectivity index (χ1) is 15.4. The van der Waals surface area contributed by atoms with Crippen LogP contribution in [-0.2, 0) is 16.9 Å². The number of fused-ring (bicyclic) bond motifs is 1. The van der Waals surface area contributed by atoms with E-state index in [1.54, 1.807) is 19.3 Å². The van der Waals surface area contributed by atoms with Crippen molar-refractivity contribution in [2.24, 2.45) is 7.05 Å². The summed E-state index contributed by atoms with van der Waals surface area (Å²) in [6, 6.07) is 16.7. The lowest BCUT2D eigenvalue weighted by Crippen LogP contribution is -2.22. The Bertz CT molecular complexity index is 1440. The normalized spacial score (nSPS) is 16.3. The van der Waals surface area contributed by atoms with Crippen molar-refractivity contribution in [1.29, 1.82) is 0 Å². The number of H-pyrrole nitrogens is 1. The molecular formula is C24H23N3O4S. The van der Waals surface area contributed by atoms with Crippen molar-refractivity contribution < 1.29 is 13.2 Å². The smallest absolute Gasteiger partial charge is 0.250 e. The second-order valence-corrected chi connectivity index (χ2v) is 10.5. The number of hydrogen-bond donors (Lipinski definition) is 1. The van der Waals surface area contributed by atoms with Crippen LogP contribution >= 0.6 is 0 Å². The van der Waals surface area contributed by atoms with E-state index < -0.39 is 9.84 Å². The number of hydrogen-bond acceptors (Lipinski definition) is 5. The maximum atomic E-state index is 11.9. The van der Waals surface area contributed by atoms with Crippen molar-refractivity contribution in [2.75, 3.05) is 11.5 Å². The van der Waals surface area contributed by atoms with Gasteiger partial charge in [-0.25, -0.2) is 13.4 Å². The molecule has 1 aliphatic rings. The number of nitrogens with one attached hydrogen (secondary N) is 1. The molecule has 1 fully saturated rings. The highest BCUT2D eigenvalue weighted by molar-refractivity contribution is 7.91. The van der Waals surface area contributed by atoms with Gasteiger partial charge < -0.3 is 14.3 Å². The first-order valence-electron chi connectivity index (χ1n) is 10.5. The Morgan fingerprint density at radius 1 is 1.03 bits per heavy atom. The Morgan fingerprint density at radius 2 is 1.78 bits per heavy atom. The predicted molar refractivity (Wildman–Crippen MR) is 124 cm³/mol. The Morgan fingerprint density at radius 3 is 2.50 bits per heavy atom. The molecule has 0 bridgehead atoms. The van der Waals surface area contributed by atoms with E-state index in [0.717, 1.165) is 22.5 Å². The first-order valence-corrected chi connectivity index (χ1v) is 12.3. The predicted octanol–water partition coefficient (Wildman–Crippen LogP) is 4.01. The summed E-state index contributed by atoms with van der Waals surface area (Å²) in [7, 11) is -1.23. The molecule has 2 aromatic heterocycles. The molecule has 0 atom stereocenters. The highest BCUT2D eigenvalue weighted by atomic mass is 32.2. The molecule has 0 unspecified atom stereocenters. The molecule has 164 valence electrons. The summed E-state index contributed by atoms with van der Waals surface area (Å²) in [5.41, 5.74) is 3.08. The molecule has 4 aromatic rings. The third kappa shape index (κ3) is 3.93. The lowest BCUT2D eigenvalue weighted by atomic mass is 10.0. The van der Waals surface area contributed by atoms with Crippen LogP contribution in [0.1, 0.15) is 24.6 Å². The monoisotopic (exact) mass is 449 g/mol. The van der Waals surface area contributed by atoms with Crippen LogP contribution in [0.25, 0.3) is 22.2 Å². The number of sulfone groups is 1. The summed E-state index contributed by atoms with van der Waals surface area (Å²) in [6.45, 7) is 0. The fraction of sp³-hybridized carbons (Fsp3) is 0.250. The zero-order valence-corrected chi connectivity index (χ0v) is 18.4. The van der Waals surface area contributed by atoms with Gasteiger partial charge >= 0.3 is 0 Å². The molecule has 0 radical (unpaired) electrons. The van der Waals surface area contributed by atoms with Gasteiger partial charge in [0.25, 0.3) is 0 Å². The molecule has 0 spiro atoms. The van der Waals surface area contributed by atoms with E-state index in [1.807, 2.05) is 42.5 Å². The zero-order valence-electron chi connectivity index (χ0n) is 17.6. The number of aryl methyl sites for hydroxylation is 1. The topological polar surface area (TPSA) is 94.1 Å². The Balaban J connectivity index is 1.63. The van der Waals surface area contributed by atoms with Gasteiger partial charge in [-0.15, -0.1) is 0 Å². The molecule has 0 amide bonds. The third-order valence-corrected chi connectivity index (χ3v) is 7.64. The summed E-state index contributed by atoms with van der Waals surface area (Å²) >= 11 is 0. The molecule has 5 rings (SSSR count). The summed E-state index contributed by atoms with van der Waals surface area (Å²) in [4.78, 5) is 20.1. The van der Waals surface area contributed by atoms with E-state index >= 15 is 0 Å². The number of imidazole rings is 1. The number of aromatic amines is 1. The van der Waals surface area contributed by atoms with Gasteiger partial charge in [-0.05, 0) is 43.2 Å². The molecule has 1 saturated heterocycles. The minimum Gasteiger partial charge on any atom is -0.454 e. The molecule has 7 nitrogen and oxygen atoms in total. The third-order valence-electron chi connectivity index (χ3n) is 5.93. The number of pyridine rings is 1. The van der Waals surface area contributed by atoms with Gasteiger partial charge in [-0.2, -0.15) is 0 Å². The van der Waals surface area contributed by atoms with Crippen molar-refractivity contribution in [3.8, 4) is 22.6 Å². The minimum atomic E-state index is -2.95. The highest BCUT2D eigenvalue weighted by Crippen LogP contribution is 2.40. The van der Waals surface area contributed by atoms with Crippen molar-refractivity contribution in [1.82, 2.24) is 14.5 Å². The van der Waals surface area contributed by atoms with Gasteiger partial charge in [0.1, 0.15) is 26.9 Å². The number of aromatic nitrogens is 3. The summed E-state index contributed by atoms with van der Waals surface area (Å²) in [5, 5.41) is 0. The van der Waals surface area contributed by atoms with E-state index in [-0.39, 0.29) is 23.0 Å². The van der Waals surface area contributed by atoms with Crippen LogP contribution < -0.4 is 10.3 Å². The molecule has 0 aliphatic carbocycles. The summed E-state index contributed by atoms with van der Waals surface area (Å²) in [6.07, 6.45) is 2.90. The lowest BCUT2D eigenvalue weighted by molar-refractivity contribution is 0.488. The second kappa shape index (κ2) is 7.94.